The number of esters is 1. The molecule has 1 amide bonds. The second kappa shape index (κ2) is 7.18. The Morgan fingerprint density at radius 3 is 2.55 bits per heavy atom. The number of benzene rings is 1. The molecule has 0 aliphatic rings. The number of thioether (sulfide) groups is 1. The number of hydrogen-bond acceptors (Lipinski definition) is 4. The van der Waals surface area contributed by atoms with Gasteiger partial charge in [-0.2, -0.15) is 13.2 Å². The number of halogens is 3. The van der Waals surface area contributed by atoms with Crippen molar-refractivity contribution in [1.29, 1.82) is 0 Å². The Kier molecular flexibility index (Phi) is 5.87. The molecule has 8 heteroatoms. The highest BCUT2D eigenvalue weighted by molar-refractivity contribution is 8.00. The second-order valence-corrected chi connectivity index (χ2v) is 4.69. The third kappa shape index (κ3) is 5.52. The summed E-state index contributed by atoms with van der Waals surface area (Å²) in [6.07, 6.45) is -4.44. The zero-order valence-electron chi connectivity index (χ0n) is 10.5. The van der Waals surface area contributed by atoms with Crippen LogP contribution in [-0.4, -0.2) is 37.5 Å². The largest absolute Gasteiger partial charge is 0.465 e. The minimum atomic E-state index is -4.44. The Hall–Kier alpha value is -1.70. The fourth-order valence-electron chi connectivity index (χ4n) is 1.26. The van der Waals surface area contributed by atoms with Gasteiger partial charge in [-0.3, -0.25) is 4.79 Å². The molecule has 0 aliphatic carbocycles. The zero-order valence-corrected chi connectivity index (χ0v) is 11.3. The predicted molar refractivity (Wildman–Crippen MR) is 67.6 cm³/mol. The van der Waals surface area contributed by atoms with Crippen molar-refractivity contribution < 1.29 is 27.5 Å². The lowest BCUT2D eigenvalue weighted by Crippen LogP contribution is -2.34. The molecule has 1 rings (SSSR count). The third-order valence-corrected chi connectivity index (χ3v) is 3.21. The molecule has 1 aromatic rings. The number of hydrogen-bond donors (Lipinski definition) is 1. The first-order valence-electron chi connectivity index (χ1n) is 5.47. The molecular weight excluding hydrogens is 295 g/mol. The van der Waals surface area contributed by atoms with Gasteiger partial charge in [0.05, 0.1) is 18.4 Å². The summed E-state index contributed by atoms with van der Waals surface area (Å²) in [6, 6.07) is 6.39. The molecule has 0 heterocycles. The molecule has 1 N–H and O–H groups in total. The monoisotopic (exact) mass is 307 g/mol. The van der Waals surface area contributed by atoms with E-state index in [1.54, 1.807) is 23.5 Å². The summed E-state index contributed by atoms with van der Waals surface area (Å²) >= 11 is 0.969. The molecule has 0 aromatic heterocycles. The van der Waals surface area contributed by atoms with Crippen molar-refractivity contribution >= 4 is 23.6 Å². The van der Waals surface area contributed by atoms with Crippen LogP contribution in [0.4, 0.5) is 13.2 Å². The van der Waals surface area contributed by atoms with Crippen LogP contribution in [0.15, 0.2) is 29.2 Å². The van der Waals surface area contributed by atoms with Crippen LogP contribution in [0.25, 0.3) is 0 Å². The van der Waals surface area contributed by atoms with Crippen molar-refractivity contribution in [3.63, 3.8) is 0 Å². The highest BCUT2D eigenvalue weighted by atomic mass is 32.2. The molecule has 0 aliphatic heterocycles. The van der Waals surface area contributed by atoms with E-state index >= 15 is 0 Å². The van der Waals surface area contributed by atoms with Crippen LogP contribution in [0.1, 0.15) is 10.4 Å². The van der Waals surface area contributed by atoms with Crippen molar-refractivity contribution in [1.82, 2.24) is 5.32 Å². The van der Waals surface area contributed by atoms with Gasteiger partial charge in [0.25, 0.3) is 0 Å². The highest BCUT2D eigenvalue weighted by Gasteiger charge is 2.27. The molecule has 0 bridgehead atoms. The van der Waals surface area contributed by atoms with E-state index < -0.39 is 24.6 Å². The van der Waals surface area contributed by atoms with E-state index in [0.717, 1.165) is 11.8 Å². The lowest BCUT2D eigenvalue weighted by atomic mass is 10.2. The minimum absolute atomic E-state index is 0.218. The van der Waals surface area contributed by atoms with Gasteiger partial charge in [0.15, 0.2) is 0 Å². The van der Waals surface area contributed by atoms with Crippen LogP contribution in [0.2, 0.25) is 0 Å². The molecule has 0 radical (unpaired) electrons. The van der Waals surface area contributed by atoms with Crippen molar-refractivity contribution in [2.75, 3.05) is 19.4 Å². The normalized spacial score (nSPS) is 11.0. The average molecular weight is 307 g/mol. The molecule has 0 fully saturated rings. The quantitative estimate of drug-likeness (QED) is 0.669. The lowest BCUT2D eigenvalue weighted by Gasteiger charge is -2.09. The summed E-state index contributed by atoms with van der Waals surface area (Å²) in [7, 11) is 1.22. The van der Waals surface area contributed by atoms with Gasteiger partial charge in [-0.25, -0.2) is 4.79 Å². The molecular formula is C12H12F3NO3S. The molecule has 0 saturated heterocycles. The maximum Gasteiger partial charge on any atom is 0.405 e. The smallest absolute Gasteiger partial charge is 0.405 e. The minimum Gasteiger partial charge on any atom is -0.465 e. The van der Waals surface area contributed by atoms with E-state index in [9.17, 15) is 22.8 Å². The van der Waals surface area contributed by atoms with Gasteiger partial charge >= 0.3 is 12.1 Å². The van der Waals surface area contributed by atoms with Gasteiger partial charge in [0.2, 0.25) is 5.91 Å². The Balaban J connectivity index is 2.58. The van der Waals surface area contributed by atoms with E-state index in [4.69, 9.17) is 0 Å². The number of amides is 1. The maximum atomic E-state index is 11.9. The van der Waals surface area contributed by atoms with Crippen LogP contribution in [0.5, 0.6) is 0 Å². The number of nitrogens with one attached hydrogen (secondary N) is 1. The van der Waals surface area contributed by atoms with Crippen molar-refractivity contribution in [2.24, 2.45) is 0 Å². The van der Waals surface area contributed by atoms with E-state index in [1.807, 2.05) is 0 Å². The molecule has 1 aromatic carbocycles. The van der Waals surface area contributed by atoms with Gasteiger partial charge in [-0.1, -0.05) is 12.1 Å². The fraction of sp³-hybridized carbons (Fsp3) is 0.333. The Bertz CT molecular complexity index is 491. The summed E-state index contributed by atoms with van der Waals surface area (Å²) in [5, 5.41) is 1.75. The number of methoxy groups -OCH3 is 1. The van der Waals surface area contributed by atoms with E-state index in [1.165, 1.54) is 13.2 Å². The van der Waals surface area contributed by atoms with Gasteiger partial charge in [0.1, 0.15) is 6.54 Å². The Labute approximate surface area is 117 Å². The first-order valence-corrected chi connectivity index (χ1v) is 6.45. The number of rotatable bonds is 5. The van der Waals surface area contributed by atoms with Crippen LogP contribution >= 0.6 is 11.8 Å². The topological polar surface area (TPSA) is 55.4 Å². The summed E-state index contributed by atoms with van der Waals surface area (Å²) in [4.78, 5) is 23.2. The van der Waals surface area contributed by atoms with Crippen LogP contribution < -0.4 is 5.32 Å². The summed E-state index contributed by atoms with van der Waals surface area (Å²) in [6.45, 7) is -1.37. The van der Waals surface area contributed by atoms with Crippen LogP contribution in [0, 0.1) is 0 Å². The average Bonchev–Trinajstić information content (AvgIpc) is 2.41. The zero-order chi connectivity index (χ0) is 15.2. The fourth-order valence-corrected chi connectivity index (χ4v) is 2.13. The summed E-state index contributed by atoms with van der Waals surface area (Å²) < 4.78 is 40.3. The van der Waals surface area contributed by atoms with E-state index in [-0.39, 0.29) is 11.3 Å². The highest BCUT2D eigenvalue weighted by Crippen LogP contribution is 2.23. The van der Waals surface area contributed by atoms with Gasteiger partial charge < -0.3 is 10.1 Å². The molecule has 20 heavy (non-hydrogen) atoms. The molecule has 0 unspecified atom stereocenters. The molecule has 110 valence electrons. The SMILES string of the molecule is COC(=O)c1ccccc1SCC(=O)NCC(F)(F)F. The lowest BCUT2D eigenvalue weighted by molar-refractivity contribution is -0.136. The van der Waals surface area contributed by atoms with Gasteiger partial charge in [-0.05, 0) is 12.1 Å². The van der Waals surface area contributed by atoms with Crippen molar-refractivity contribution in [3.05, 3.63) is 29.8 Å². The standard InChI is InChI=1S/C12H12F3NO3S/c1-19-11(18)8-4-2-3-5-9(8)20-6-10(17)16-7-12(13,14)15/h2-5H,6-7H2,1H3,(H,16,17). The second-order valence-electron chi connectivity index (χ2n) is 3.67. The molecule has 0 atom stereocenters. The van der Waals surface area contributed by atoms with Crippen molar-refractivity contribution in [2.45, 2.75) is 11.1 Å². The first kappa shape index (κ1) is 16.4. The van der Waals surface area contributed by atoms with Crippen molar-refractivity contribution in [3.8, 4) is 0 Å². The van der Waals surface area contributed by atoms with Gasteiger partial charge in [0, 0.05) is 4.90 Å². The maximum absolute atomic E-state index is 11.9. The summed E-state index contributed by atoms with van der Waals surface area (Å²) in [5.74, 6) is -1.54. The molecule has 0 spiro atoms. The number of carbonyl (C=O) groups excluding carboxylic acids is 2. The Morgan fingerprint density at radius 2 is 1.95 bits per heavy atom. The van der Waals surface area contributed by atoms with Crippen LogP contribution in [-0.2, 0) is 9.53 Å². The number of ether oxygens (including phenoxy) is 1. The Morgan fingerprint density at radius 1 is 1.30 bits per heavy atom. The van der Waals surface area contributed by atoms with E-state index in [2.05, 4.69) is 4.74 Å². The predicted octanol–water partition coefficient (Wildman–Crippen LogP) is 2.24. The third-order valence-electron chi connectivity index (χ3n) is 2.14. The molecule has 0 saturated carbocycles. The number of alkyl halides is 3. The first-order chi connectivity index (χ1) is 9.33. The van der Waals surface area contributed by atoms with Crippen LogP contribution in [0.3, 0.4) is 0 Å². The van der Waals surface area contributed by atoms with E-state index in [0.29, 0.717) is 4.90 Å². The van der Waals surface area contributed by atoms with Gasteiger partial charge in [-0.15, -0.1) is 11.8 Å². The summed E-state index contributed by atoms with van der Waals surface area (Å²) in [5.41, 5.74) is 0.267. The molecule has 4 nitrogen and oxygen atoms in total. The number of carbonyl (C=O) groups is 2.